The van der Waals surface area contributed by atoms with E-state index in [1.165, 1.54) is 0 Å². The predicted molar refractivity (Wildman–Crippen MR) is 51.6 cm³/mol. The number of nitrogens with zero attached hydrogens (tertiary/aromatic N) is 2. The lowest BCUT2D eigenvalue weighted by atomic mass is 10.1. The molecule has 0 amide bonds. The van der Waals surface area contributed by atoms with Crippen molar-refractivity contribution in [3.05, 3.63) is 11.8 Å². The fraction of sp³-hybridized carbons (Fsp3) is 0.778. The third kappa shape index (κ3) is 3.08. The smallest absolute Gasteiger partial charge is 0.230 e. The zero-order valence-electron chi connectivity index (χ0n) is 8.82. The molecule has 2 N–H and O–H groups in total. The summed E-state index contributed by atoms with van der Waals surface area (Å²) in [6, 6.07) is 0.229. The number of hydrogen-bond acceptors (Lipinski definition) is 5. The molecule has 0 spiro atoms. The Hall–Kier alpha value is -0.940. The Morgan fingerprint density at radius 2 is 2.14 bits per heavy atom. The molecule has 0 saturated heterocycles. The highest BCUT2D eigenvalue weighted by molar-refractivity contribution is 4.79. The van der Waals surface area contributed by atoms with Gasteiger partial charge in [0.15, 0.2) is 0 Å². The molecule has 2 atom stereocenters. The van der Waals surface area contributed by atoms with Crippen LogP contribution in [-0.4, -0.2) is 28.0 Å². The first-order valence-corrected chi connectivity index (χ1v) is 4.76. The van der Waals surface area contributed by atoms with E-state index in [1.54, 1.807) is 6.92 Å². The summed E-state index contributed by atoms with van der Waals surface area (Å²) in [5.74, 6) is 1.38. The molecule has 1 aromatic rings. The Balaban J connectivity index is 2.33. The topological polar surface area (TPSA) is 71.2 Å². The van der Waals surface area contributed by atoms with Crippen LogP contribution in [0.15, 0.2) is 4.42 Å². The van der Waals surface area contributed by atoms with Crippen LogP contribution < -0.4 is 5.32 Å². The molecule has 0 aliphatic rings. The molecule has 2 unspecified atom stereocenters. The molecule has 5 heteroatoms. The number of aromatic nitrogens is 2. The van der Waals surface area contributed by atoms with Crippen molar-refractivity contribution < 1.29 is 9.52 Å². The van der Waals surface area contributed by atoms with Gasteiger partial charge >= 0.3 is 0 Å². The SMILES string of the molecule is Cc1nnc(CNC(C)C(C)CO)o1. The van der Waals surface area contributed by atoms with Gasteiger partial charge in [0.05, 0.1) is 6.54 Å². The second kappa shape index (κ2) is 5.07. The number of aliphatic hydroxyl groups excluding tert-OH is 1. The second-order valence-electron chi connectivity index (χ2n) is 3.54. The normalized spacial score (nSPS) is 15.4. The van der Waals surface area contributed by atoms with Gasteiger partial charge in [0.1, 0.15) is 0 Å². The Morgan fingerprint density at radius 1 is 1.43 bits per heavy atom. The van der Waals surface area contributed by atoms with Gasteiger partial charge < -0.3 is 14.8 Å². The first-order valence-electron chi connectivity index (χ1n) is 4.76. The molecular weight excluding hydrogens is 182 g/mol. The summed E-state index contributed by atoms with van der Waals surface area (Å²) in [6.07, 6.45) is 0. The molecule has 0 fully saturated rings. The highest BCUT2D eigenvalue weighted by atomic mass is 16.4. The Labute approximate surface area is 83.5 Å². The molecular formula is C9H17N3O2. The number of aliphatic hydroxyl groups is 1. The zero-order valence-corrected chi connectivity index (χ0v) is 8.82. The van der Waals surface area contributed by atoms with E-state index in [0.717, 1.165) is 0 Å². The lowest BCUT2D eigenvalue weighted by Crippen LogP contribution is -2.33. The van der Waals surface area contributed by atoms with Crippen LogP contribution >= 0.6 is 0 Å². The molecule has 1 rings (SSSR count). The molecule has 5 nitrogen and oxygen atoms in total. The summed E-state index contributed by atoms with van der Waals surface area (Å²) in [4.78, 5) is 0. The standard InChI is InChI=1S/C9H17N3O2/c1-6(5-13)7(2)10-4-9-12-11-8(3)14-9/h6-7,10,13H,4-5H2,1-3H3. The van der Waals surface area contributed by atoms with E-state index < -0.39 is 0 Å². The van der Waals surface area contributed by atoms with Crippen LogP contribution in [0, 0.1) is 12.8 Å². The van der Waals surface area contributed by atoms with Crippen LogP contribution in [0.5, 0.6) is 0 Å². The summed E-state index contributed by atoms with van der Waals surface area (Å²) in [7, 11) is 0. The fourth-order valence-electron chi connectivity index (χ4n) is 1.02. The van der Waals surface area contributed by atoms with Gasteiger partial charge in [-0.05, 0) is 12.8 Å². The molecule has 0 saturated carbocycles. The predicted octanol–water partition coefficient (Wildman–Crippen LogP) is 0.485. The minimum absolute atomic E-state index is 0.178. The van der Waals surface area contributed by atoms with Crippen molar-refractivity contribution in [2.24, 2.45) is 5.92 Å². The summed E-state index contributed by atoms with van der Waals surface area (Å²) in [5.41, 5.74) is 0. The van der Waals surface area contributed by atoms with Gasteiger partial charge in [-0.3, -0.25) is 0 Å². The largest absolute Gasteiger partial charge is 0.424 e. The lowest BCUT2D eigenvalue weighted by Gasteiger charge is -2.17. The summed E-state index contributed by atoms with van der Waals surface area (Å²) in [5, 5.41) is 19.7. The van der Waals surface area contributed by atoms with E-state index in [2.05, 4.69) is 15.5 Å². The first kappa shape index (κ1) is 11.1. The van der Waals surface area contributed by atoms with Crippen molar-refractivity contribution in [1.82, 2.24) is 15.5 Å². The highest BCUT2D eigenvalue weighted by Crippen LogP contribution is 2.03. The van der Waals surface area contributed by atoms with Crippen LogP contribution in [0.2, 0.25) is 0 Å². The Bertz CT molecular complexity index is 275. The third-order valence-electron chi connectivity index (χ3n) is 2.28. The van der Waals surface area contributed by atoms with Crippen molar-refractivity contribution in [2.45, 2.75) is 33.4 Å². The fourth-order valence-corrected chi connectivity index (χ4v) is 1.02. The van der Waals surface area contributed by atoms with Gasteiger partial charge in [-0.15, -0.1) is 10.2 Å². The molecule has 0 aliphatic carbocycles. The second-order valence-corrected chi connectivity index (χ2v) is 3.54. The van der Waals surface area contributed by atoms with Gasteiger partial charge in [-0.1, -0.05) is 6.92 Å². The first-order chi connectivity index (χ1) is 6.63. The van der Waals surface area contributed by atoms with E-state index in [1.807, 2.05) is 13.8 Å². The summed E-state index contributed by atoms with van der Waals surface area (Å²) in [6.45, 7) is 6.49. The molecule has 0 aliphatic heterocycles. The van der Waals surface area contributed by atoms with Gasteiger partial charge in [0.2, 0.25) is 11.8 Å². The average molecular weight is 199 g/mol. The number of aryl methyl sites for hydroxylation is 1. The molecule has 0 bridgehead atoms. The number of rotatable bonds is 5. The molecule has 1 heterocycles. The minimum Gasteiger partial charge on any atom is -0.424 e. The maximum absolute atomic E-state index is 8.92. The van der Waals surface area contributed by atoms with Crippen LogP contribution in [-0.2, 0) is 6.54 Å². The van der Waals surface area contributed by atoms with Crippen LogP contribution in [0.1, 0.15) is 25.6 Å². The van der Waals surface area contributed by atoms with E-state index in [-0.39, 0.29) is 18.6 Å². The van der Waals surface area contributed by atoms with Crippen molar-refractivity contribution in [3.63, 3.8) is 0 Å². The quantitative estimate of drug-likeness (QED) is 0.722. The van der Waals surface area contributed by atoms with Crippen molar-refractivity contribution in [2.75, 3.05) is 6.61 Å². The van der Waals surface area contributed by atoms with E-state index in [4.69, 9.17) is 9.52 Å². The van der Waals surface area contributed by atoms with Gasteiger partial charge in [-0.2, -0.15) is 0 Å². The van der Waals surface area contributed by atoms with Gasteiger partial charge in [0.25, 0.3) is 0 Å². The Morgan fingerprint density at radius 3 is 2.64 bits per heavy atom. The molecule has 14 heavy (non-hydrogen) atoms. The van der Waals surface area contributed by atoms with Crippen LogP contribution in [0.25, 0.3) is 0 Å². The van der Waals surface area contributed by atoms with Crippen molar-refractivity contribution in [3.8, 4) is 0 Å². The molecule has 1 aromatic heterocycles. The van der Waals surface area contributed by atoms with E-state index >= 15 is 0 Å². The lowest BCUT2D eigenvalue weighted by molar-refractivity contribution is 0.205. The zero-order chi connectivity index (χ0) is 10.6. The van der Waals surface area contributed by atoms with E-state index in [0.29, 0.717) is 18.3 Å². The average Bonchev–Trinajstić information content (AvgIpc) is 2.59. The summed E-state index contributed by atoms with van der Waals surface area (Å²) >= 11 is 0. The number of nitrogens with one attached hydrogen (secondary N) is 1. The van der Waals surface area contributed by atoms with Crippen LogP contribution in [0.4, 0.5) is 0 Å². The third-order valence-corrected chi connectivity index (χ3v) is 2.28. The van der Waals surface area contributed by atoms with Crippen molar-refractivity contribution >= 4 is 0 Å². The highest BCUT2D eigenvalue weighted by Gasteiger charge is 2.11. The minimum atomic E-state index is 0.178. The van der Waals surface area contributed by atoms with Gasteiger partial charge in [-0.25, -0.2) is 0 Å². The summed E-state index contributed by atoms with van der Waals surface area (Å²) < 4.78 is 5.20. The molecule has 80 valence electrons. The number of hydrogen-bond donors (Lipinski definition) is 2. The monoisotopic (exact) mass is 199 g/mol. The van der Waals surface area contributed by atoms with E-state index in [9.17, 15) is 0 Å². The molecule has 0 aromatic carbocycles. The van der Waals surface area contributed by atoms with Crippen LogP contribution in [0.3, 0.4) is 0 Å². The molecule has 0 radical (unpaired) electrons. The Kier molecular flexibility index (Phi) is 4.03. The van der Waals surface area contributed by atoms with Gasteiger partial charge in [0, 0.05) is 19.6 Å². The maximum Gasteiger partial charge on any atom is 0.230 e. The maximum atomic E-state index is 8.92. The van der Waals surface area contributed by atoms with Crippen molar-refractivity contribution in [1.29, 1.82) is 0 Å².